The van der Waals surface area contributed by atoms with Crippen molar-refractivity contribution in [3.8, 4) is 5.75 Å². The Morgan fingerprint density at radius 2 is 1.67 bits per heavy atom. The molecular formula is C25H24N4O4. The van der Waals surface area contributed by atoms with Crippen molar-refractivity contribution in [3.05, 3.63) is 95.6 Å². The molecule has 0 aliphatic rings. The molecule has 0 aromatic heterocycles. The van der Waals surface area contributed by atoms with Gasteiger partial charge in [0.1, 0.15) is 5.75 Å². The first-order valence-corrected chi connectivity index (χ1v) is 10.2. The fourth-order valence-corrected chi connectivity index (χ4v) is 2.74. The Bertz CT molecular complexity index is 1130. The van der Waals surface area contributed by atoms with Gasteiger partial charge < -0.3 is 15.4 Å². The first-order valence-electron chi connectivity index (χ1n) is 10.2. The van der Waals surface area contributed by atoms with E-state index in [0.29, 0.717) is 17.0 Å². The van der Waals surface area contributed by atoms with Crippen molar-refractivity contribution < 1.29 is 19.1 Å². The van der Waals surface area contributed by atoms with Gasteiger partial charge in [0, 0.05) is 12.2 Å². The lowest BCUT2D eigenvalue weighted by Gasteiger charge is -2.08. The Morgan fingerprint density at radius 3 is 2.42 bits per heavy atom. The zero-order valence-electron chi connectivity index (χ0n) is 18.1. The molecule has 8 heteroatoms. The van der Waals surface area contributed by atoms with Gasteiger partial charge in [-0.3, -0.25) is 14.4 Å². The lowest BCUT2D eigenvalue weighted by atomic mass is 10.1. The minimum absolute atomic E-state index is 0.159. The van der Waals surface area contributed by atoms with Crippen LogP contribution in [-0.2, 0) is 20.9 Å². The highest BCUT2D eigenvalue weighted by Crippen LogP contribution is 2.12. The number of benzene rings is 3. The molecule has 0 saturated carbocycles. The van der Waals surface area contributed by atoms with Crippen LogP contribution in [0.5, 0.6) is 5.75 Å². The van der Waals surface area contributed by atoms with Crippen LogP contribution in [-0.4, -0.2) is 30.5 Å². The Labute approximate surface area is 191 Å². The van der Waals surface area contributed by atoms with Crippen LogP contribution >= 0.6 is 0 Å². The van der Waals surface area contributed by atoms with Gasteiger partial charge in [-0.15, -0.1) is 0 Å². The first kappa shape index (κ1) is 23.2. The Hall–Kier alpha value is -4.46. The number of amides is 3. The molecule has 3 aromatic rings. The molecule has 0 saturated heterocycles. The number of ether oxygens (including phenoxy) is 1. The maximum absolute atomic E-state index is 12.0. The van der Waals surface area contributed by atoms with E-state index in [9.17, 15) is 14.4 Å². The van der Waals surface area contributed by atoms with E-state index in [4.69, 9.17) is 4.74 Å². The van der Waals surface area contributed by atoms with Crippen LogP contribution in [0.1, 0.15) is 16.7 Å². The van der Waals surface area contributed by atoms with E-state index in [1.807, 2.05) is 49.4 Å². The number of carbonyl (C=O) groups is 3. The fraction of sp³-hybridized carbons (Fsp3) is 0.120. The second kappa shape index (κ2) is 11.8. The number of nitrogens with one attached hydrogen (secondary N) is 3. The zero-order chi connectivity index (χ0) is 23.5. The predicted octanol–water partition coefficient (Wildman–Crippen LogP) is 2.78. The number of aryl methyl sites for hydroxylation is 1. The van der Waals surface area contributed by atoms with Crippen molar-refractivity contribution in [1.82, 2.24) is 10.7 Å². The number of carbonyl (C=O) groups excluding carboxylic acids is 3. The Balaban J connectivity index is 1.43. The third kappa shape index (κ3) is 7.95. The van der Waals surface area contributed by atoms with Crippen LogP contribution in [0, 0.1) is 6.92 Å². The molecule has 8 nitrogen and oxygen atoms in total. The van der Waals surface area contributed by atoms with E-state index in [1.165, 1.54) is 6.21 Å². The smallest absolute Gasteiger partial charge is 0.329 e. The summed E-state index contributed by atoms with van der Waals surface area (Å²) in [5, 5.41) is 9.07. The molecule has 0 atom stereocenters. The van der Waals surface area contributed by atoms with Crippen LogP contribution < -0.4 is 20.8 Å². The summed E-state index contributed by atoms with van der Waals surface area (Å²) in [6.45, 7) is 2.05. The van der Waals surface area contributed by atoms with E-state index in [1.54, 1.807) is 36.4 Å². The molecule has 0 radical (unpaired) electrons. The molecule has 3 amide bonds. The van der Waals surface area contributed by atoms with E-state index >= 15 is 0 Å². The van der Waals surface area contributed by atoms with Crippen molar-refractivity contribution in [2.75, 3.05) is 11.9 Å². The van der Waals surface area contributed by atoms with E-state index < -0.39 is 11.8 Å². The molecule has 3 rings (SSSR count). The highest BCUT2D eigenvalue weighted by Gasteiger charge is 2.11. The third-order valence-electron chi connectivity index (χ3n) is 4.45. The number of hydrogen-bond acceptors (Lipinski definition) is 5. The fourth-order valence-electron chi connectivity index (χ4n) is 2.74. The van der Waals surface area contributed by atoms with Gasteiger partial charge in [-0.25, -0.2) is 5.43 Å². The second-order valence-electron chi connectivity index (χ2n) is 7.14. The van der Waals surface area contributed by atoms with Gasteiger partial charge in [-0.1, -0.05) is 60.2 Å². The van der Waals surface area contributed by atoms with Crippen molar-refractivity contribution in [3.63, 3.8) is 0 Å². The summed E-state index contributed by atoms with van der Waals surface area (Å²) in [5.41, 5.74) is 5.50. The molecule has 33 heavy (non-hydrogen) atoms. The summed E-state index contributed by atoms with van der Waals surface area (Å²) >= 11 is 0. The van der Waals surface area contributed by atoms with Crippen molar-refractivity contribution in [2.45, 2.75) is 13.5 Å². The van der Waals surface area contributed by atoms with Crippen LogP contribution in [0.2, 0.25) is 0 Å². The Kier molecular flexibility index (Phi) is 8.30. The summed E-state index contributed by atoms with van der Waals surface area (Å²) in [7, 11) is 0. The second-order valence-corrected chi connectivity index (χ2v) is 7.14. The number of rotatable bonds is 8. The molecular weight excluding hydrogens is 420 g/mol. The molecule has 0 bridgehead atoms. The van der Waals surface area contributed by atoms with Crippen molar-refractivity contribution in [1.29, 1.82) is 0 Å². The van der Waals surface area contributed by atoms with Crippen LogP contribution in [0.4, 0.5) is 5.69 Å². The number of hydrogen-bond donors (Lipinski definition) is 3. The maximum Gasteiger partial charge on any atom is 0.329 e. The van der Waals surface area contributed by atoms with Crippen LogP contribution in [0.3, 0.4) is 0 Å². The van der Waals surface area contributed by atoms with Crippen LogP contribution in [0.25, 0.3) is 0 Å². The third-order valence-corrected chi connectivity index (χ3v) is 4.45. The molecule has 0 fully saturated rings. The van der Waals surface area contributed by atoms with Gasteiger partial charge in [0.2, 0.25) is 0 Å². The van der Waals surface area contributed by atoms with Crippen LogP contribution in [0.15, 0.2) is 84.0 Å². The minimum Gasteiger partial charge on any atom is -0.484 e. The summed E-state index contributed by atoms with van der Waals surface area (Å²) in [6.07, 6.45) is 1.38. The summed E-state index contributed by atoms with van der Waals surface area (Å²) in [6, 6.07) is 23.5. The summed E-state index contributed by atoms with van der Waals surface area (Å²) in [5.74, 6) is -1.48. The molecule has 3 N–H and O–H groups in total. The van der Waals surface area contributed by atoms with Gasteiger partial charge >= 0.3 is 11.8 Å². The van der Waals surface area contributed by atoms with Crippen molar-refractivity contribution >= 4 is 29.6 Å². The van der Waals surface area contributed by atoms with Crippen molar-refractivity contribution in [2.24, 2.45) is 5.10 Å². The normalized spacial score (nSPS) is 10.5. The quantitative estimate of drug-likeness (QED) is 0.282. The van der Waals surface area contributed by atoms with Gasteiger partial charge in [0.05, 0.1) is 6.21 Å². The molecule has 0 unspecified atom stereocenters. The van der Waals surface area contributed by atoms with E-state index in [0.717, 1.165) is 11.1 Å². The number of para-hydroxylation sites is 1. The molecule has 3 aromatic carbocycles. The summed E-state index contributed by atoms with van der Waals surface area (Å²) < 4.78 is 5.50. The summed E-state index contributed by atoms with van der Waals surface area (Å²) in [4.78, 5) is 35.8. The lowest BCUT2D eigenvalue weighted by molar-refractivity contribution is -0.139. The van der Waals surface area contributed by atoms with E-state index in [-0.39, 0.29) is 19.1 Å². The Morgan fingerprint density at radius 1 is 0.909 bits per heavy atom. The molecule has 0 aliphatic heterocycles. The van der Waals surface area contributed by atoms with Gasteiger partial charge in [0.25, 0.3) is 5.91 Å². The SMILES string of the molecule is Cc1ccc(CNC(=O)C(=O)N/N=C\c2cccc(OCC(=O)Nc3ccccc3)c2)cc1. The minimum atomic E-state index is -0.872. The number of hydrazone groups is 1. The standard InChI is InChI=1S/C25H24N4O4/c1-18-10-12-19(13-11-18)15-26-24(31)25(32)29-27-16-20-6-5-9-22(14-20)33-17-23(30)28-21-7-3-2-4-8-21/h2-14,16H,15,17H2,1H3,(H,26,31)(H,28,30)(H,29,32)/b27-16-. The molecule has 0 aliphatic carbocycles. The number of nitrogens with zero attached hydrogens (tertiary/aromatic N) is 1. The average Bonchev–Trinajstić information content (AvgIpc) is 2.83. The zero-order valence-corrected chi connectivity index (χ0v) is 18.1. The van der Waals surface area contributed by atoms with Gasteiger partial charge in [-0.05, 0) is 42.3 Å². The van der Waals surface area contributed by atoms with Gasteiger partial charge in [0.15, 0.2) is 6.61 Å². The maximum atomic E-state index is 12.0. The van der Waals surface area contributed by atoms with Gasteiger partial charge in [-0.2, -0.15) is 5.10 Å². The lowest BCUT2D eigenvalue weighted by Crippen LogP contribution is -2.37. The predicted molar refractivity (Wildman–Crippen MR) is 126 cm³/mol. The molecule has 0 spiro atoms. The highest BCUT2D eigenvalue weighted by molar-refractivity contribution is 6.35. The highest BCUT2D eigenvalue weighted by atomic mass is 16.5. The first-order chi connectivity index (χ1) is 16.0. The topological polar surface area (TPSA) is 109 Å². The molecule has 0 heterocycles. The number of anilines is 1. The molecule has 168 valence electrons. The monoisotopic (exact) mass is 444 g/mol. The largest absolute Gasteiger partial charge is 0.484 e. The van der Waals surface area contributed by atoms with E-state index in [2.05, 4.69) is 21.2 Å². The average molecular weight is 444 g/mol.